The summed E-state index contributed by atoms with van der Waals surface area (Å²) >= 11 is 0. The highest BCUT2D eigenvalue weighted by Gasteiger charge is 2.02. The summed E-state index contributed by atoms with van der Waals surface area (Å²) in [6.07, 6.45) is 3.95. The standard InChI is InChI=1S/C19H17NO2/c1-20(2)16-11-8-14(9-12-16)7-10-15-13-19(21)22-18-6-4-3-5-17(15)18/h3-13H,1-2H3/b10-7+. The highest BCUT2D eigenvalue weighted by molar-refractivity contribution is 5.89. The van der Waals surface area contributed by atoms with Gasteiger partial charge in [0.25, 0.3) is 0 Å². The Morgan fingerprint density at radius 3 is 2.41 bits per heavy atom. The van der Waals surface area contributed by atoms with Gasteiger partial charge in [-0.15, -0.1) is 0 Å². The minimum Gasteiger partial charge on any atom is -0.423 e. The molecule has 3 nitrogen and oxygen atoms in total. The van der Waals surface area contributed by atoms with Crippen molar-refractivity contribution < 1.29 is 4.42 Å². The second-order valence-corrected chi connectivity index (χ2v) is 5.34. The zero-order valence-electron chi connectivity index (χ0n) is 12.6. The average Bonchev–Trinajstić information content (AvgIpc) is 2.52. The first-order chi connectivity index (χ1) is 10.6. The van der Waals surface area contributed by atoms with E-state index >= 15 is 0 Å². The Morgan fingerprint density at radius 2 is 1.68 bits per heavy atom. The van der Waals surface area contributed by atoms with Gasteiger partial charge in [0.15, 0.2) is 0 Å². The van der Waals surface area contributed by atoms with Gasteiger partial charge in [-0.3, -0.25) is 0 Å². The van der Waals surface area contributed by atoms with Gasteiger partial charge in [-0.05, 0) is 29.3 Å². The first-order valence-electron chi connectivity index (χ1n) is 7.12. The molecular formula is C19H17NO2. The van der Waals surface area contributed by atoms with E-state index in [0.717, 1.165) is 22.2 Å². The van der Waals surface area contributed by atoms with Crippen LogP contribution in [0.4, 0.5) is 5.69 Å². The van der Waals surface area contributed by atoms with Crippen LogP contribution in [0.25, 0.3) is 23.1 Å². The van der Waals surface area contributed by atoms with E-state index in [0.29, 0.717) is 5.58 Å². The predicted octanol–water partition coefficient (Wildman–Crippen LogP) is 4.03. The van der Waals surface area contributed by atoms with Crippen molar-refractivity contribution in [1.29, 1.82) is 0 Å². The molecule has 110 valence electrons. The van der Waals surface area contributed by atoms with E-state index in [9.17, 15) is 4.79 Å². The summed E-state index contributed by atoms with van der Waals surface area (Å²) in [5.41, 5.74) is 3.38. The third-order valence-electron chi connectivity index (χ3n) is 3.55. The van der Waals surface area contributed by atoms with E-state index in [1.165, 1.54) is 6.07 Å². The predicted molar refractivity (Wildman–Crippen MR) is 92.2 cm³/mol. The summed E-state index contributed by atoms with van der Waals surface area (Å²) in [5.74, 6) is 0. The van der Waals surface area contributed by atoms with E-state index in [1.54, 1.807) is 6.07 Å². The summed E-state index contributed by atoms with van der Waals surface area (Å²) in [4.78, 5) is 13.7. The lowest BCUT2D eigenvalue weighted by Gasteiger charge is -2.11. The van der Waals surface area contributed by atoms with Crippen LogP contribution < -0.4 is 10.5 Å². The van der Waals surface area contributed by atoms with Crippen LogP contribution in [0.1, 0.15) is 11.1 Å². The molecule has 0 unspecified atom stereocenters. The first kappa shape index (κ1) is 14.1. The molecule has 0 N–H and O–H groups in total. The van der Waals surface area contributed by atoms with Crippen molar-refractivity contribution in [2.45, 2.75) is 0 Å². The molecule has 0 radical (unpaired) electrons. The second-order valence-electron chi connectivity index (χ2n) is 5.34. The van der Waals surface area contributed by atoms with Crippen molar-refractivity contribution >= 4 is 28.8 Å². The fraction of sp³-hybridized carbons (Fsp3) is 0.105. The number of benzene rings is 2. The normalized spacial score (nSPS) is 11.2. The Hall–Kier alpha value is -2.81. The smallest absolute Gasteiger partial charge is 0.336 e. The van der Waals surface area contributed by atoms with Gasteiger partial charge >= 0.3 is 5.63 Å². The lowest BCUT2D eigenvalue weighted by atomic mass is 10.1. The third kappa shape index (κ3) is 2.93. The molecule has 0 saturated carbocycles. The van der Waals surface area contributed by atoms with E-state index < -0.39 is 0 Å². The topological polar surface area (TPSA) is 33.5 Å². The molecule has 1 aromatic heterocycles. The third-order valence-corrected chi connectivity index (χ3v) is 3.55. The van der Waals surface area contributed by atoms with Crippen molar-refractivity contribution in [3.8, 4) is 0 Å². The Labute approximate surface area is 129 Å². The molecule has 0 fully saturated rings. The highest BCUT2D eigenvalue weighted by Crippen LogP contribution is 2.19. The molecule has 0 amide bonds. The number of hydrogen-bond donors (Lipinski definition) is 0. The Bertz CT molecular complexity index is 874. The molecule has 0 aliphatic carbocycles. The van der Waals surface area contributed by atoms with Crippen molar-refractivity contribution in [3.63, 3.8) is 0 Å². The number of hydrogen-bond acceptors (Lipinski definition) is 3. The maximum Gasteiger partial charge on any atom is 0.336 e. The second kappa shape index (κ2) is 5.90. The largest absolute Gasteiger partial charge is 0.423 e. The molecule has 3 rings (SSSR count). The average molecular weight is 291 g/mol. The monoisotopic (exact) mass is 291 g/mol. The summed E-state index contributed by atoms with van der Waals surface area (Å²) in [6, 6.07) is 17.3. The summed E-state index contributed by atoms with van der Waals surface area (Å²) in [6.45, 7) is 0. The van der Waals surface area contributed by atoms with E-state index in [1.807, 2.05) is 44.4 Å². The fourth-order valence-electron chi connectivity index (χ4n) is 2.34. The van der Waals surface area contributed by atoms with Crippen LogP contribution in [-0.2, 0) is 0 Å². The lowest BCUT2D eigenvalue weighted by molar-refractivity contribution is 0.560. The number of anilines is 1. The Kier molecular flexibility index (Phi) is 3.79. The summed E-state index contributed by atoms with van der Waals surface area (Å²) < 4.78 is 5.20. The van der Waals surface area contributed by atoms with Crippen LogP contribution in [0.3, 0.4) is 0 Å². The molecule has 3 aromatic rings. The van der Waals surface area contributed by atoms with Gasteiger partial charge in [0, 0.05) is 31.2 Å². The van der Waals surface area contributed by atoms with Crippen LogP contribution >= 0.6 is 0 Å². The summed E-state index contributed by atoms with van der Waals surface area (Å²) in [5, 5.41) is 0.934. The number of rotatable bonds is 3. The Morgan fingerprint density at radius 1 is 0.955 bits per heavy atom. The molecule has 0 bridgehead atoms. The quantitative estimate of drug-likeness (QED) is 0.683. The molecule has 1 heterocycles. The van der Waals surface area contributed by atoms with Gasteiger partial charge < -0.3 is 9.32 Å². The maximum absolute atomic E-state index is 11.6. The van der Waals surface area contributed by atoms with Crippen LogP contribution in [0, 0.1) is 0 Å². The van der Waals surface area contributed by atoms with Gasteiger partial charge in [-0.1, -0.05) is 42.5 Å². The van der Waals surface area contributed by atoms with Gasteiger partial charge in [0.05, 0.1) is 0 Å². The van der Waals surface area contributed by atoms with Crippen LogP contribution in [-0.4, -0.2) is 14.1 Å². The van der Waals surface area contributed by atoms with Gasteiger partial charge in [-0.25, -0.2) is 4.79 Å². The van der Waals surface area contributed by atoms with E-state index in [2.05, 4.69) is 29.2 Å². The fourth-order valence-corrected chi connectivity index (χ4v) is 2.34. The minimum atomic E-state index is -0.332. The number of nitrogens with zero attached hydrogens (tertiary/aromatic N) is 1. The van der Waals surface area contributed by atoms with Crippen LogP contribution in [0.15, 0.2) is 63.8 Å². The number of para-hydroxylation sites is 1. The van der Waals surface area contributed by atoms with Crippen molar-refractivity contribution in [2.75, 3.05) is 19.0 Å². The Balaban J connectivity index is 1.97. The van der Waals surface area contributed by atoms with Crippen molar-refractivity contribution in [1.82, 2.24) is 0 Å². The lowest BCUT2D eigenvalue weighted by Crippen LogP contribution is -2.07. The molecule has 0 aliphatic heterocycles. The summed E-state index contributed by atoms with van der Waals surface area (Å²) in [7, 11) is 4.03. The highest BCUT2D eigenvalue weighted by atomic mass is 16.4. The first-order valence-corrected chi connectivity index (χ1v) is 7.12. The van der Waals surface area contributed by atoms with Crippen molar-refractivity contribution in [3.05, 3.63) is 76.1 Å². The van der Waals surface area contributed by atoms with Gasteiger partial charge in [-0.2, -0.15) is 0 Å². The zero-order valence-corrected chi connectivity index (χ0v) is 12.6. The van der Waals surface area contributed by atoms with E-state index in [-0.39, 0.29) is 5.63 Å². The molecular weight excluding hydrogens is 274 g/mol. The molecule has 0 spiro atoms. The molecule has 0 aliphatic rings. The number of fused-ring (bicyclic) bond motifs is 1. The molecule has 22 heavy (non-hydrogen) atoms. The zero-order chi connectivity index (χ0) is 15.5. The molecule has 0 saturated heterocycles. The molecule has 0 atom stereocenters. The van der Waals surface area contributed by atoms with Crippen LogP contribution in [0.2, 0.25) is 0 Å². The SMILES string of the molecule is CN(C)c1ccc(/C=C/c2cc(=O)oc3ccccc23)cc1. The van der Waals surface area contributed by atoms with Gasteiger partial charge in [0.1, 0.15) is 5.58 Å². The molecule has 2 aromatic carbocycles. The maximum atomic E-state index is 11.6. The van der Waals surface area contributed by atoms with Crippen LogP contribution in [0.5, 0.6) is 0 Å². The minimum absolute atomic E-state index is 0.332. The van der Waals surface area contributed by atoms with Crippen molar-refractivity contribution in [2.24, 2.45) is 0 Å². The molecule has 3 heteroatoms. The van der Waals surface area contributed by atoms with E-state index in [4.69, 9.17) is 4.42 Å². The van der Waals surface area contributed by atoms with Gasteiger partial charge in [0.2, 0.25) is 0 Å².